The lowest BCUT2D eigenvalue weighted by Gasteiger charge is -2.09. The van der Waals surface area contributed by atoms with Crippen LogP contribution in [0.5, 0.6) is 11.5 Å². The standard InChI is InChI=1S/C21H22ClNO3S/c1-25-18-10-7-14(11-19(18)26-2)5-3-4-6-16(24)13-21-23-17-9-8-15(22)12-20(17)27-21/h7-12H,3-6,13H2,1-2H3. The zero-order valence-corrected chi connectivity index (χ0v) is 17.0. The Kier molecular flexibility index (Phi) is 6.69. The molecule has 0 aliphatic heterocycles. The van der Waals surface area contributed by atoms with Crippen molar-refractivity contribution in [3.63, 3.8) is 0 Å². The van der Waals surface area contributed by atoms with Crippen LogP contribution in [0.25, 0.3) is 10.2 Å². The highest BCUT2D eigenvalue weighted by molar-refractivity contribution is 7.18. The number of unbranched alkanes of at least 4 members (excludes halogenated alkanes) is 1. The van der Waals surface area contributed by atoms with Gasteiger partial charge in [0.05, 0.1) is 30.9 Å². The van der Waals surface area contributed by atoms with Gasteiger partial charge in [-0.25, -0.2) is 4.98 Å². The third-order valence-electron chi connectivity index (χ3n) is 4.36. The van der Waals surface area contributed by atoms with Crippen LogP contribution in [0.3, 0.4) is 0 Å². The Balaban J connectivity index is 1.46. The number of benzene rings is 2. The summed E-state index contributed by atoms with van der Waals surface area (Å²) in [4.78, 5) is 16.8. The van der Waals surface area contributed by atoms with Crippen LogP contribution in [0.2, 0.25) is 5.02 Å². The van der Waals surface area contributed by atoms with Gasteiger partial charge >= 0.3 is 0 Å². The highest BCUT2D eigenvalue weighted by Crippen LogP contribution is 2.28. The molecule has 4 nitrogen and oxygen atoms in total. The topological polar surface area (TPSA) is 48.4 Å². The van der Waals surface area contributed by atoms with E-state index in [9.17, 15) is 4.79 Å². The van der Waals surface area contributed by atoms with E-state index in [4.69, 9.17) is 21.1 Å². The van der Waals surface area contributed by atoms with Crippen LogP contribution in [-0.4, -0.2) is 25.0 Å². The third kappa shape index (κ3) is 5.21. The lowest BCUT2D eigenvalue weighted by molar-refractivity contribution is -0.118. The van der Waals surface area contributed by atoms with E-state index in [0.717, 1.165) is 46.0 Å². The van der Waals surface area contributed by atoms with Gasteiger partial charge in [0, 0.05) is 11.4 Å². The molecule has 0 saturated heterocycles. The summed E-state index contributed by atoms with van der Waals surface area (Å²) in [6.07, 6.45) is 3.70. The van der Waals surface area contributed by atoms with Crippen molar-refractivity contribution < 1.29 is 14.3 Å². The molecule has 0 bridgehead atoms. The number of hydrogen-bond donors (Lipinski definition) is 0. The minimum absolute atomic E-state index is 0.229. The van der Waals surface area contributed by atoms with Gasteiger partial charge in [-0.05, 0) is 55.2 Å². The summed E-state index contributed by atoms with van der Waals surface area (Å²) in [6, 6.07) is 11.6. The molecule has 3 aromatic rings. The monoisotopic (exact) mass is 403 g/mol. The number of ether oxygens (including phenoxy) is 2. The van der Waals surface area contributed by atoms with Gasteiger partial charge in [-0.3, -0.25) is 4.79 Å². The highest BCUT2D eigenvalue weighted by atomic mass is 35.5. The van der Waals surface area contributed by atoms with Gasteiger partial charge in [-0.15, -0.1) is 11.3 Å². The molecule has 0 spiro atoms. The van der Waals surface area contributed by atoms with E-state index < -0.39 is 0 Å². The van der Waals surface area contributed by atoms with E-state index in [1.807, 2.05) is 36.4 Å². The van der Waals surface area contributed by atoms with Gasteiger partial charge in [-0.1, -0.05) is 17.7 Å². The molecule has 6 heteroatoms. The first-order valence-electron chi connectivity index (χ1n) is 8.86. The molecule has 0 radical (unpaired) electrons. The summed E-state index contributed by atoms with van der Waals surface area (Å²) in [5, 5.41) is 1.55. The van der Waals surface area contributed by atoms with Crippen LogP contribution in [-0.2, 0) is 17.6 Å². The molecule has 0 amide bonds. The Labute approximate surface area is 168 Å². The summed E-state index contributed by atoms with van der Waals surface area (Å²) in [7, 11) is 3.26. The number of fused-ring (bicyclic) bond motifs is 1. The molecule has 2 aromatic carbocycles. The third-order valence-corrected chi connectivity index (χ3v) is 5.62. The van der Waals surface area contributed by atoms with Gasteiger partial charge in [0.2, 0.25) is 0 Å². The number of hydrogen-bond acceptors (Lipinski definition) is 5. The molecule has 3 rings (SSSR count). The van der Waals surface area contributed by atoms with Crippen LogP contribution in [0.4, 0.5) is 0 Å². The first kappa shape index (κ1) is 19.6. The largest absolute Gasteiger partial charge is 0.493 e. The SMILES string of the molecule is COc1ccc(CCCCC(=O)Cc2nc3ccc(Cl)cc3s2)cc1OC. The summed E-state index contributed by atoms with van der Waals surface area (Å²) in [5.41, 5.74) is 2.09. The molecular formula is C21H22ClNO3S. The predicted octanol–water partition coefficient (Wildman–Crippen LogP) is 5.49. The van der Waals surface area contributed by atoms with E-state index in [1.54, 1.807) is 25.6 Å². The van der Waals surface area contributed by atoms with E-state index >= 15 is 0 Å². The van der Waals surface area contributed by atoms with Crippen molar-refractivity contribution in [1.29, 1.82) is 0 Å². The molecule has 0 N–H and O–H groups in total. The fourth-order valence-corrected chi connectivity index (χ4v) is 4.24. The average molecular weight is 404 g/mol. The Morgan fingerprint density at radius 1 is 1.07 bits per heavy atom. The highest BCUT2D eigenvalue weighted by Gasteiger charge is 2.10. The molecule has 142 valence electrons. The first-order chi connectivity index (χ1) is 13.1. The van der Waals surface area contributed by atoms with Crippen LogP contribution in [0.15, 0.2) is 36.4 Å². The maximum Gasteiger partial charge on any atom is 0.160 e. The van der Waals surface area contributed by atoms with Gasteiger partial charge in [0.1, 0.15) is 10.8 Å². The minimum Gasteiger partial charge on any atom is -0.493 e. The van der Waals surface area contributed by atoms with Gasteiger partial charge < -0.3 is 9.47 Å². The molecule has 0 unspecified atom stereocenters. The molecule has 0 aliphatic rings. The summed E-state index contributed by atoms with van der Waals surface area (Å²) in [6.45, 7) is 0. The minimum atomic E-state index is 0.229. The van der Waals surface area contributed by atoms with Gasteiger partial charge in [0.25, 0.3) is 0 Å². The number of ketones is 1. The molecular weight excluding hydrogens is 382 g/mol. The normalized spacial score (nSPS) is 10.9. The van der Waals surface area contributed by atoms with Crippen LogP contribution in [0, 0.1) is 0 Å². The maximum atomic E-state index is 12.3. The molecule has 0 atom stereocenters. The number of thiazole rings is 1. The van der Waals surface area contributed by atoms with E-state index in [1.165, 1.54) is 5.56 Å². The first-order valence-corrected chi connectivity index (χ1v) is 10.1. The number of carbonyl (C=O) groups excluding carboxylic acids is 1. The Bertz CT molecular complexity index is 938. The molecule has 1 aromatic heterocycles. The van der Waals surface area contributed by atoms with E-state index in [-0.39, 0.29) is 5.78 Å². The quantitative estimate of drug-likeness (QED) is 0.443. The summed E-state index contributed by atoms with van der Waals surface area (Å²) >= 11 is 7.54. The lowest BCUT2D eigenvalue weighted by Crippen LogP contribution is -2.02. The van der Waals surface area contributed by atoms with Crippen molar-refractivity contribution in [3.05, 3.63) is 52.0 Å². The fraction of sp³-hybridized carbons (Fsp3) is 0.333. The zero-order chi connectivity index (χ0) is 19.2. The second-order valence-electron chi connectivity index (χ2n) is 6.33. The Hall–Kier alpha value is -2.11. The number of methoxy groups -OCH3 is 2. The lowest BCUT2D eigenvalue weighted by atomic mass is 10.0. The number of carbonyl (C=O) groups is 1. The summed E-state index contributed by atoms with van der Waals surface area (Å²) < 4.78 is 11.6. The van der Waals surface area contributed by atoms with Crippen molar-refractivity contribution in [2.45, 2.75) is 32.1 Å². The predicted molar refractivity (Wildman–Crippen MR) is 110 cm³/mol. The van der Waals surface area contributed by atoms with Crippen molar-refractivity contribution >= 4 is 38.9 Å². The van der Waals surface area contributed by atoms with Crippen molar-refractivity contribution in [1.82, 2.24) is 4.98 Å². The smallest absolute Gasteiger partial charge is 0.160 e. The van der Waals surface area contributed by atoms with Crippen LogP contribution in [0.1, 0.15) is 29.8 Å². The number of Topliss-reactive ketones (excluding diaryl/α,β-unsaturated/α-hetero) is 1. The van der Waals surface area contributed by atoms with Crippen LogP contribution < -0.4 is 9.47 Å². The fourth-order valence-electron chi connectivity index (χ4n) is 2.97. The van der Waals surface area contributed by atoms with Crippen molar-refractivity contribution in [2.24, 2.45) is 0 Å². The van der Waals surface area contributed by atoms with Crippen LogP contribution >= 0.6 is 22.9 Å². The number of nitrogens with zero attached hydrogens (tertiary/aromatic N) is 1. The second kappa shape index (κ2) is 9.20. The molecule has 0 saturated carbocycles. The Morgan fingerprint density at radius 3 is 2.67 bits per heavy atom. The number of halogens is 1. The van der Waals surface area contributed by atoms with Crippen molar-refractivity contribution in [3.8, 4) is 11.5 Å². The van der Waals surface area contributed by atoms with Gasteiger partial charge in [0.15, 0.2) is 11.5 Å². The average Bonchev–Trinajstić information content (AvgIpc) is 3.06. The summed E-state index contributed by atoms with van der Waals surface area (Å²) in [5.74, 6) is 1.70. The molecule has 27 heavy (non-hydrogen) atoms. The number of aryl methyl sites for hydroxylation is 1. The number of rotatable bonds is 9. The zero-order valence-electron chi connectivity index (χ0n) is 15.5. The molecule has 1 heterocycles. The second-order valence-corrected chi connectivity index (χ2v) is 7.88. The Morgan fingerprint density at radius 2 is 1.89 bits per heavy atom. The number of aromatic nitrogens is 1. The molecule has 0 aliphatic carbocycles. The van der Waals surface area contributed by atoms with E-state index in [0.29, 0.717) is 17.9 Å². The van der Waals surface area contributed by atoms with E-state index in [2.05, 4.69) is 4.98 Å². The van der Waals surface area contributed by atoms with Crippen molar-refractivity contribution in [2.75, 3.05) is 14.2 Å². The van der Waals surface area contributed by atoms with Gasteiger partial charge in [-0.2, -0.15) is 0 Å². The maximum absolute atomic E-state index is 12.3. The molecule has 0 fully saturated rings.